The molecule has 5 atom stereocenters. The Balaban J connectivity index is 1.48. The number of nitrogens with zero attached hydrogens (tertiary/aromatic N) is 3. The van der Waals surface area contributed by atoms with E-state index in [9.17, 15) is 29.0 Å². The molecule has 10 nitrogen and oxygen atoms in total. The summed E-state index contributed by atoms with van der Waals surface area (Å²) in [6, 6.07) is 13.3. The molecule has 0 amide bonds. The number of hydrogen-bond donors (Lipinski definition) is 4. The number of benzene rings is 2. The van der Waals surface area contributed by atoms with E-state index in [4.69, 9.17) is 4.74 Å². The highest BCUT2D eigenvalue weighted by atomic mass is 32.2. The number of anilines is 1. The molecule has 1 unspecified atom stereocenters. The Kier molecular flexibility index (Phi) is 7.96. The number of allylic oxidation sites excluding steroid dienone is 1. The molecule has 2 saturated heterocycles. The summed E-state index contributed by atoms with van der Waals surface area (Å²) in [6.45, 7) is 5.02. The van der Waals surface area contributed by atoms with Crippen LogP contribution in [0.4, 0.5) is 5.69 Å². The summed E-state index contributed by atoms with van der Waals surface area (Å²) in [5.74, 6) is -0.729. The van der Waals surface area contributed by atoms with Gasteiger partial charge in [-0.2, -0.15) is 5.26 Å². The molecule has 11 heteroatoms. The van der Waals surface area contributed by atoms with Crippen LogP contribution in [-0.2, 0) is 14.8 Å². The third kappa shape index (κ3) is 5.71. The Morgan fingerprint density at radius 3 is 2.47 bits per heavy atom. The maximum Gasteiger partial charge on any atom is 0.250 e. The van der Waals surface area contributed by atoms with Gasteiger partial charge in [-0.1, -0.05) is 25.1 Å². The summed E-state index contributed by atoms with van der Waals surface area (Å²) in [7, 11) is -2.12. The van der Waals surface area contributed by atoms with Crippen LogP contribution in [0.15, 0.2) is 41.3 Å². The average Bonchev–Trinajstić information content (AvgIpc) is 2.87. The lowest BCUT2D eigenvalue weighted by atomic mass is 9.92. The number of likely N-dealkylation sites (N-methyl/N-ethyl adjacent to an activating group) is 1. The fourth-order valence-electron chi connectivity index (χ4n) is 4.45. The fourth-order valence-corrected chi connectivity index (χ4v) is 5.40. The van der Waals surface area contributed by atoms with Crippen molar-refractivity contribution in [2.75, 3.05) is 44.7 Å². The first-order chi connectivity index (χ1) is 17.1. The molecule has 2 aromatic carbocycles. The van der Waals surface area contributed by atoms with E-state index in [1.807, 2.05) is 24.3 Å². The van der Waals surface area contributed by atoms with Gasteiger partial charge in [0.05, 0.1) is 6.10 Å². The summed E-state index contributed by atoms with van der Waals surface area (Å²) >= 11 is 0. The summed E-state index contributed by atoms with van der Waals surface area (Å²) in [6.07, 6.45) is -3.91. The van der Waals surface area contributed by atoms with Gasteiger partial charge in [0.15, 0.2) is 11.2 Å². The van der Waals surface area contributed by atoms with Crippen LogP contribution < -0.4 is 9.62 Å². The fraction of sp³-hybridized carbons (Fsp3) is 0.480. The zero-order valence-corrected chi connectivity index (χ0v) is 21.1. The van der Waals surface area contributed by atoms with Gasteiger partial charge in [-0.05, 0) is 47.7 Å². The standard InChI is InChI=1S/C25H32N4O6S/c1-16-23(30)24(31)22(35-25(16)32)15-27-36(33,34)21(14-26)12-17-3-4-19-13-20(6-5-18(19)11-17)29-9-7-28(2)8-10-29/h3-6,11-13,16,22-25,27,30-32H,7-10,15H2,1-2H3/b21-12+/t16-,22-,23-,24-,25?/m1/s1. The minimum atomic E-state index is -4.24. The van der Waals surface area contributed by atoms with Crippen LogP contribution in [0.5, 0.6) is 0 Å². The number of ether oxygens (including phenoxy) is 1. The molecule has 2 fully saturated rings. The third-order valence-corrected chi connectivity index (χ3v) is 8.26. The van der Waals surface area contributed by atoms with Gasteiger partial charge in [-0.15, -0.1) is 0 Å². The zero-order chi connectivity index (χ0) is 26.0. The molecule has 0 saturated carbocycles. The molecule has 0 radical (unpaired) electrons. The number of nitrogens with one attached hydrogen (secondary N) is 1. The van der Waals surface area contributed by atoms with Crippen LogP contribution in [0.1, 0.15) is 12.5 Å². The SMILES string of the molecule is C[C@H]1C(O)O[C@H](CNS(=O)(=O)/C(C#N)=C/c2ccc3cc(N4CCN(C)CC4)ccc3c2)[C@@H](O)[C@@H]1O. The molecule has 4 N–H and O–H groups in total. The van der Waals surface area contributed by atoms with E-state index in [1.165, 1.54) is 13.0 Å². The van der Waals surface area contributed by atoms with Gasteiger partial charge in [0, 0.05) is 44.3 Å². The molecular formula is C25H32N4O6S. The van der Waals surface area contributed by atoms with Crippen molar-refractivity contribution >= 4 is 32.6 Å². The molecule has 2 aliphatic rings. The van der Waals surface area contributed by atoms with Crippen molar-refractivity contribution in [1.82, 2.24) is 9.62 Å². The van der Waals surface area contributed by atoms with E-state index in [1.54, 1.807) is 12.1 Å². The van der Waals surface area contributed by atoms with Gasteiger partial charge in [-0.3, -0.25) is 0 Å². The normalized spacial score (nSPS) is 28.3. The van der Waals surface area contributed by atoms with Crippen molar-refractivity contribution in [2.24, 2.45) is 5.92 Å². The first-order valence-electron chi connectivity index (χ1n) is 11.9. The Hall–Kier alpha value is -2.56. The van der Waals surface area contributed by atoms with Crippen LogP contribution in [-0.4, -0.2) is 93.0 Å². The van der Waals surface area contributed by atoms with Crippen molar-refractivity contribution in [3.8, 4) is 6.07 Å². The number of piperazine rings is 1. The molecule has 2 aliphatic heterocycles. The number of sulfonamides is 1. The number of hydrogen-bond acceptors (Lipinski definition) is 9. The lowest BCUT2D eigenvalue weighted by Crippen LogP contribution is -2.56. The quantitative estimate of drug-likeness (QED) is 0.402. The molecule has 194 valence electrons. The van der Waals surface area contributed by atoms with E-state index in [0.717, 1.165) is 42.6 Å². The van der Waals surface area contributed by atoms with Crippen LogP contribution in [0, 0.1) is 17.2 Å². The van der Waals surface area contributed by atoms with E-state index >= 15 is 0 Å². The Bertz CT molecular complexity index is 1270. The van der Waals surface area contributed by atoms with Crippen molar-refractivity contribution < 1.29 is 28.5 Å². The smallest absolute Gasteiger partial charge is 0.250 e. The molecule has 2 heterocycles. The van der Waals surface area contributed by atoms with Gasteiger partial charge >= 0.3 is 0 Å². The molecule has 4 rings (SSSR count). The minimum absolute atomic E-state index is 0.420. The second-order valence-electron chi connectivity index (χ2n) is 9.46. The van der Waals surface area contributed by atoms with Crippen LogP contribution >= 0.6 is 0 Å². The summed E-state index contributed by atoms with van der Waals surface area (Å²) in [5.41, 5.74) is 1.69. The monoisotopic (exact) mass is 516 g/mol. The second-order valence-corrected chi connectivity index (χ2v) is 11.2. The average molecular weight is 517 g/mol. The minimum Gasteiger partial charge on any atom is -0.390 e. The number of fused-ring (bicyclic) bond motifs is 1. The van der Waals surface area contributed by atoms with E-state index in [0.29, 0.717) is 5.56 Å². The Labute approximate surface area is 211 Å². The summed E-state index contributed by atoms with van der Waals surface area (Å²) in [5, 5.41) is 41.5. The predicted octanol–water partition coefficient (Wildman–Crippen LogP) is 0.451. The first kappa shape index (κ1) is 26.5. The first-order valence-corrected chi connectivity index (χ1v) is 13.4. The summed E-state index contributed by atoms with van der Waals surface area (Å²) < 4.78 is 33.0. The van der Waals surface area contributed by atoms with Gasteiger partial charge in [0.25, 0.3) is 10.0 Å². The molecule has 0 spiro atoms. The van der Waals surface area contributed by atoms with E-state index < -0.39 is 52.0 Å². The predicted molar refractivity (Wildman–Crippen MR) is 136 cm³/mol. The van der Waals surface area contributed by atoms with E-state index in [2.05, 4.69) is 27.6 Å². The topological polar surface area (TPSA) is 146 Å². The number of aliphatic hydroxyl groups is 3. The third-order valence-electron chi connectivity index (χ3n) is 6.92. The zero-order valence-electron chi connectivity index (χ0n) is 20.3. The largest absolute Gasteiger partial charge is 0.390 e. The van der Waals surface area contributed by atoms with Crippen LogP contribution in [0.25, 0.3) is 16.8 Å². The molecule has 36 heavy (non-hydrogen) atoms. The number of nitriles is 1. The molecular weight excluding hydrogens is 484 g/mol. The Morgan fingerprint density at radius 1 is 1.11 bits per heavy atom. The van der Waals surface area contributed by atoms with Gasteiger partial charge < -0.3 is 29.9 Å². The second kappa shape index (κ2) is 10.8. The molecule has 2 aromatic rings. The van der Waals surface area contributed by atoms with Crippen LogP contribution in [0.3, 0.4) is 0 Å². The Morgan fingerprint density at radius 2 is 1.78 bits per heavy atom. The highest BCUT2D eigenvalue weighted by molar-refractivity contribution is 7.93. The lowest BCUT2D eigenvalue weighted by Gasteiger charge is -2.39. The van der Waals surface area contributed by atoms with Gasteiger partial charge in [-0.25, -0.2) is 13.1 Å². The molecule has 0 bridgehead atoms. The summed E-state index contributed by atoms with van der Waals surface area (Å²) in [4.78, 5) is 4.13. The van der Waals surface area contributed by atoms with Crippen molar-refractivity contribution in [1.29, 1.82) is 5.26 Å². The highest BCUT2D eigenvalue weighted by Gasteiger charge is 2.41. The van der Waals surface area contributed by atoms with Crippen molar-refractivity contribution in [2.45, 2.75) is 31.5 Å². The van der Waals surface area contributed by atoms with Gasteiger partial charge in [0.2, 0.25) is 0 Å². The van der Waals surface area contributed by atoms with Crippen molar-refractivity contribution in [3.63, 3.8) is 0 Å². The maximum absolute atomic E-state index is 12.8. The van der Waals surface area contributed by atoms with Gasteiger partial charge in [0.1, 0.15) is 18.3 Å². The van der Waals surface area contributed by atoms with E-state index in [-0.39, 0.29) is 0 Å². The van der Waals surface area contributed by atoms with Crippen molar-refractivity contribution in [3.05, 3.63) is 46.9 Å². The number of aliphatic hydroxyl groups excluding tert-OH is 3. The maximum atomic E-state index is 12.8. The van der Waals surface area contributed by atoms with Crippen LogP contribution in [0.2, 0.25) is 0 Å². The number of rotatable bonds is 6. The highest BCUT2D eigenvalue weighted by Crippen LogP contribution is 2.26. The molecule has 0 aliphatic carbocycles. The lowest BCUT2D eigenvalue weighted by molar-refractivity contribution is -0.257. The molecule has 0 aromatic heterocycles.